The molecule has 0 bridgehead atoms. The predicted molar refractivity (Wildman–Crippen MR) is 68.1 cm³/mol. The highest BCUT2D eigenvalue weighted by atomic mass is 16.5. The number of benzene rings is 1. The van der Waals surface area contributed by atoms with Crippen molar-refractivity contribution in [2.75, 3.05) is 6.61 Å². The molecule has 0 aromatic heterocycles. The Morgan fingerprint density at radius 3 is 2.94 bits per heavy atom. The lowest BCUT2D eigenvalue weighted by atomic mass is 10.1. The highest BCUT2D eigenvalue weighted by molar-refractivity contribution is 5.30. The predicted octanol–water partition coefficient (Wildman–Crippen LogP) is 2.65. The summed E-state index contributed by atoms with van der Waals surface area (Å²) in [7, 11) is 0. The molecule has 3 unspecified atom stereocenters. The Bertz CT molecular complexity index is 365. The summed E-state index contributed by atoms with van der Waals surface area (Å²) in [6.07, 6.45) is 2.84. The lowest BCUT2D eigenvalue weighted by Gasteiger charge is -2.14. The first-order valence-corrected chi connectivity index (χ1v) is 6.29. The Labute approximate surface area is 103 Å². The van der Waals surface area contributed by atoms with Crippen LogP contribution in [0.2, 0.25) is 0 Å². The van der Waals surface area contributed by atoms with Gasteiger partial charge in [-0.1, -0.05) is 12.1 Å². The molecule has 0 aliphatic carbocycles. The summed E-state index contributed by atoms with van der Waals surface area (Å²) in [5.74, 6) is 0.878. The van der Waals surface area contributed by atoms with Crippen molar-refractivity contribution in [3.63, 3.8) is 0 Å². The molecule has 3 atom stereocenters. The third-order valence-electron chi connectivity index (χ3n) is 3.14. The topological polar surface area (TPSA) is 44.5 Å². The number of hydrogen-bond donors (Lipinski definition) is 1. The first kappa shape index (κ1) is 12.4. The smallest absolute Gasteiger partial charge is 0.119 e. The van der Waals surface area contributed by atoms with Crippen molar-refractivity contribution < 1.29 is 9.47 Å². The van der Waals surface area contributed by atoms with E-state index in [2.05, 4.69) is 6.92 Å². The maximum atomic E-state index is 5.84. The van der Waals surface area contributed by atoms with E-state index < -0.39 is 0 Å². The molecule has 94 valence electrons. The van der Waals surface area contributed by atoms with E-state index in [-0.39, 0.29) is 12.1 Å². The highest BCUT2D eigenvalue weighted by Gasteiger charge is 2.22. The van der Waals surface area contributed by atoms with Crippen molar-refractivity contribution in [2.24, 2.45) is 5.73 Å². The third kappa shape index (κ3) is 3.45. The molecule has 1 aromatic rings. The van der Waals surface area contributed by atoms with Gasteiger partial charge in [-0.2, -0.15) is 0 Å². The number of nitrogens with two attached hydrogens (primary N) is 1. The fraction of sp³-hybridized carbons (Fsp3) is 0.571. The van der Waals surface area contributed by atoms with Crippen LogP contribution in [-0.4, -0.2) is 18.8 Å². The van der Waals surface area contributed by atoms with Crippen LogP contribution in [0.15, 0.2) is 24.3 Å². The van der Waals surface area contributed by atoms with Gasteiger partial charge in [0.25, 0.3) is 0 Å². The van der Waals surface area contributed by atoms with Crippen LogP contribution in [0.5, 0.6) is 5.75 Å². The number of rotatable bonds is 4. The standard InChI is InChI=1S/C14H21NO2/c1-10-6-7-14(17-10)9-16-13-5-3-4-12(8-13)11(2)15/h3-5,8,10-11,14H,6-7,9,15H2,1-2H3. The summed E-state index contributed by atoms with van der Waals surface area (Å²) in [6.45, 7) is 4.71. The van der Waals surface area contributed by atoms with Crippen LogP contribution in [0.4, 0.5) is 0 Å². The molecule has 17 heavy (non-hydrogen) atoms. The maximum Gasteiger partial charge on any atom is 0.119 e. The van der Waals surface area contributed by atoms with Crippen molar-refractivity contribution in [3.05, 3.63) is 29.8 Å². The summed E-state index contributed by atoms with van der Waals surface area (Å²) in [5, 5.41) is 0. The lowest BCUT2D eigenvalue weighted by molar-refractivity contribution is 0.0264. The van der Waals surface area contributed by atoms with E-state index >= 15 is 0 Å². The van der Waals surface area contributed by atoms with E-state index in [1.54, 1.807) is 0 Å². The zero-order valence-electron chi connectivity index (χ0n) is 10.6. The van der Waals surface area contributed by atoms with E-state index in [4.69, 9.17) is 15.2 Å². The zero-order valence-corrected chi connectivity index (χ0v) is 10.6. The Kier molecular flexibility index (Phi) is 4.02. The SMILES string of the molecule is CC1CCC(COc2cccc(C(C)N)c2)O1. The molecule has 1 fully saturated rings. The largest absolute Gasteiger partial charge is 0.491 e. The molecule has 0 amide bonds. The summed E-state index contributed by atoms with van der Waals surface area (Å²) < 4.78 is 11.5. The van der Waals surface area contributed by atoms with Crippen LogP contribution in [0.1, 0.15) is 38.3 Å². The summed E-state index contributed by atoms with van der Waals surface area (Å²) in [6, 6.07) is 8.01. The van der Waals surface area contributed by atoms with Crippen LogP contribution >= 0.6 is 0 Å². The normalized spacial score (nSPS) is 25.8. The van der Waals surface area contributed by atoms with E-state index in [0.29, 0.717) is 12.7 Å². The van der Waals surface area contributed by atoms with Gasteiger partial charge in [0.15, 0.2) is 0 Å². The van der Waals surface area contributed by atoms with Crippen molar-refractivity contribution in [3.8, 4) is 5.75 Å². The Morgan fingerprint density at radius 1 is 1.47 bits per heavy atom. The molecule has 0 spiro atoms. The molecule has 3 heteroatoms. The third-order valence-corrected chi connectivity index (χ3v) is 3.14. The molecule has 3 nitrogen and oxygen atoms in total. The average molecular weight is 235 g/mol. The second-order valence-corrected chi connectivity index (χ2v) is 4.82. The molecule has 1 aromatic carbocycles. The quantitative estimate of drug-likeness (QED) is 0.872. The second-order valence-electron chi connectivity index (χ2n) is 4.82. The second kappa shape index (κ2) is 5.52. The number of ether oxygens (including phenoxy) is 2. The van der Waals surface area contributed by atoms with Gasteiger partial charge < -0.3 is 15.2 Å². The van der Waals surface area contributed by atoms with Gasteiger partial charge in [-0.25, -0.2) is 0 Å². The van der Waals surface area contributed by atoms with Gasteiger partial charge >= 0.3 is 0 Å². The van der Waals surface area contributed by atoms with Crippen LogP contribution in [0.25, 0.3) is 0 Å². The lowest BCUT2D eigenvalue weighted by Crippen LogP contribution is -2.18. The van der Waals surface area contributed by atoms with E-state index in [9.17, 15) is 0 Å². The Morgan fingerprint density at radius 2 is 2.29 bits per heavy atom. The minimum Gasteiger partial charge on any atom is -0.491 e. The average Bonchev–Trinajstić information content (AvgIpc) is 2.73. The molecular weight excluding hydrogens is 214 g/mol. The van der Waals surface area contributed by atoms with Crippen LogP contribution < -0.4 is 10.5 Å². The van der Waals surface area contributed by atoms with Gasteiger partial charge in [-0.15, -0.1) is 0 Å². The Hall–Kier alpha value is -1.06. The molecule has 0 radical (unpaired) electrons. The summed E-state index contributed by atoms with van der Waals surface area (Å²) in [4.78, 5) is 0. The molecule has 2 rings (SSSR count). The highest BCUT2D eigenvalue weighted by Crippen LogP contribution is 2.22. The molecule has 1 aliphatic rings. The molecule has 1 heterocycles. The van der Waals surface area contributed by atoms with Gasteiger partial charge in [0.2, 0.25) is 0 Å². The van der Waals surface area contributed by atoms with E-state index in [1.165, 1.54) is 0 Å². The van der Waals surface area contributed by atoms with Crippen molar-refractivity contribution in [1.29, 1.82) is 0 Å². The van der Waals surface area contributed by atoms with Crippen LogP contribution in [0, 0.1) is 0 Å². The van der Waals surface area contributed by atoms with Gasteiger partial charge in [0, 0.05) is 6.04 Å². The first-order valence-electron chi connectivity index (χ1n) is 6.29. The fourth-order valence-corrected chi connectivity index (χ4v) is 2.08. The van der Waals surface area contributed by atoms with Gasteiger partial charge in [-0.05, 0) is 44.4 Å². The molecule has 0 saturated carbocycles. The minimum absolute atomic E-state index is 0.0429. The molecule has 2 N–H and O–H groups in total. The van der Waals surface area contributed by atoms with Gasteiger partial charge in [-0.3, -0.25) is 0 Å². The molecule has 1 saturated heterocycles. The zero-order chi connectivity index (χ0) is 12.3. The van der Waals surface area contributed by atoms with Crippen LogP contribution in [-0.2, 0) is 4.74 Å². The van der Waals surface area contributed by atoms with Gasteiger partial charge in [0.1, 0.15) is 12.4 Å². The van der Waals surface area contributed by atoms with Crippen LogP contribution in [0.3, 0.4) is 0 Å². The molecule has 1 aliphatic heterocycles. The monoisotopic (exact) mass is 235 g/mol. The molecular formula is C14H21NO2. The van der Waals surface area contributed by atoms with Gasteiger partial charge in [0.05, 0.1) is 12.2 Å². The van der Waals surface area contributed by atoms with E-state index in [0.717, 1.165) is 24.2 Å². The first-order chi connectivity index (χ1) is 8.15. The van der Waals surface area contributed by atoms with Crippen molar-refractivity contribution >= 4 is 0 Å². The Balaban J connectivity index is 1.88. The van der Waals surface area contributed by atoms with E-state index in [1.807, 2.05) is 31.2 Å². The number of hydrogen-bond acceptors (Lipinski definition) is 3. The summed E-state index contributed by atoms with van der Waals surface area (Å²) >= 11 is 0. The maximum absolute atomic E-state index is 5.84. The van der Waals surface area contributed by atoms with Crippen molar-refractivity contribution in [2.45, 2.75) is 44.9 Å². The summed E-state index contributed by atoms with van der Waals surface area (Å²) in [5.41, 5.74) is 6.94. The fourth-order valence-electron chi connectivity index (χ4n) is 2.08. The van der Waals surface area contributed by atoms with Crippen molar-refractivity contribution in [1.82, 2.24) is 0 Å². The minimum atomic E-state index is 0.0429.